The van der Waals surface area contributed by atoms with Crippen LogP contribution in [0, 0.1) is 12.3 Å². The second kappa shape index (κ2) is 6.64. The molecule has 3 aromatic rings. The maximum atomic E-state index is 13.1. The van der Waals surface area contributed by atoms with E-state index in [0.717, 1.165) is 34.7 Å². The van der Waals surface area contributed by atoms with Crippen molar-refractivity contribution in [2.24, 2.45) is 5.41 Å². The summed E-state index contributed by atoms with van der Waals surface area (Å²) in [6.45, 7) is 2.27. The summed E-state index contributed by atoms with van der Waals surface area (Å²) in [7, 11) is 1.58. The van der Waals surface area contributed by atoms with Gasteiger partial charge in [0, 0.05) is 36.0 Å². The van der Waals surface area contributed by atoms with E-state index < -0.39 is 0 Å². The Balaban J connectivity index is 1.55. The number of aromatic nitrogens is 5. The van der Waals surface area contributed by atoms with Gasteiger partial charge in [0.25, 0.3) is 0 Å². The summed E-state index contributed by atoms with van der Waals surface area (Å²) >= 11 is 1.28. The smallest absolute Gasteiger partial charge is 0.228 e. The number of rotatable bonds is 7. The molecule has 1 fully saturated rings. The van der Waals surface area contributed by atoms with Gasteiger partial charge < -0.3 is 10.1 Å². The number of nitrogens with zero attached hydrogens (tertiary/aromatic N) is 5. The Bertz CT molecular complexity index is 920. The summed E-state index contributed by atoms with van der Waals surface area (Å²) in [6, 6.07) is 1.79. The molecule has 0 saturated heterocycles. The van der Waals surface area contributed by atoms with E-state index in [-0.39, 0.29) is 12.1 Å². The summed E-state index contributed by atoms with van der Waals surface area (Å²) < 4.78 is 24.1. The zero-order chi connectivity index (χ0) is 18.1. The second-order valence-corrected chi connectivity index (χ2v) is 7.45. The third-order valence-electron chi connectivity index (χ3n) is 4.55. The normalized spacial score (nSPS) is 15.0. The number of anilines is 2. The van der Waals surface area contributed by atoms with Crippen molar-refractivity contribution in [3.63, 3.8) is 0 Å². The number of hydrogen-bond donors (Lipinski definition) is 1. The Hall–Kier alpha value is -2.55. The summed E-state index contributed by atoms with van der Waals surface area (Å²) in [6.07, 6.45) is 7.31. The van der Waals surface area contributed by atoms with Gasteiger partial charge >= 0.3 is 0 Å². The number of halogens is 1. The van der Waals surface area contributed by atoms with Crippen LogP contribution in [0.4, 0.5) is 15.3 Å². The van der Waals surface area contributed by atoms with Gasteiger partial charge in [-0.1, -0.05) is 0 Å². The summed E-state index contributed by atoms with van der Waals surface area (Å²) in [5.41, 5.74) is 2.44. The highest BCUT2D eigenvalue weighted by Gasteiger charge is 2.43. The summed E-state index contributed by atoms with van der Waals surface area (Å²) in [5.74, 6) is 1.03. The summed E-state index contributed by atoms with van der Waals surface area (Å²) in [5, 5.41) is 8.31. The molecule has 0 unspecified atom stereocenters. The number of nitrogens with one attached hydrogen (secondary N) is 1. The van der Waals surface area contributed by atoms with Crippen LogP contribution in [-0.2, 0) is 6.54 Å². The molecule has 1 N–H and O–H groups in total. The van der Waals surface area contributed by atoms with E-state index in [2.05, 4.69) is 24.8 Å². The predicted molar refractivity (Wildman–Crippen MR) is 97.6 cm³/mol. The Morgan fingerprint density at radius 2 is 2.23 bits per heavy atom. The third kappa shape index (κ3) is 3.39. The van der Waals surface area contributed by atoms with Crippen molar-refractivity contribution >= 4 is 22.5 Å². The minimum atomic E-state index is -0.291. The maximum absolute atomic E-state index is 13.1. The van der Waals surface area contributed by atoms with Crippen molar-refractivity contribution < 1.29 is 9.13 Å². The van der Waals surface area contributed by atoms with Crippen LogP contribution in [0.25, 0.3) is 11.3 Å². The highest BCUT2D eigenvalue weighted by molar-refractivity contribution is 7.10. The molecule has 136 valence electrons. The molecule has 0 aliphatic heterocycles. The van der Waals surface area contributed by atoms with Crippen LogP contribution < -0.4 is 10.1 Å². The van der Waals surface area contributed by atoms with Crippen molar-refractivity contribution in [2.45, 2.75) is 26.3 Å². The molecular weight excluding hydrogens is 355 g/mol. The van der Waals surface area contributed by atoms with E-state index in [1.165, 1.54) is 11.5 Å². The SMILES string of the molecule is COc1cc(Nc2ncc(C)c(-c3cnn(CC4(CF)CC4)c3)n2)sn1. The fraction of sp³-hybridized carbons (Fsp3) is 0.412. The standard InChI is InChI=1S/C17H19FN6OS/c1-11-6-19-16(21-14-5-13(25-2)23-26-14)22-15(11)12-7-20-24(8-12)10-17(9-18)3-4-17/h5-8H,3-4,9-10H2,1-2H3,(H,19,21,22). The van der Waals surface area contributed by atoms with Crippen LogP contribution in [0.3, 0.4) is 0 Å². The lowest BCUT2D eigenvalue weighted by molar-refractivity contribution is 0.294. The molecule has 3 heterocycles. The van der Waals surface area contributed by atoms with Crippen LogP contribution in [0.2, 0.25) is 0 Å². The van der Waals surface area contributed by atoms with Crippen molar-refractivity contribution in [3.05, 3.63) is 30.2 Å². The lowest BCUT2D eigenvalue weighted by Gasteiger charge is -2.09. The van der Waals surface area contributed by atoms with E-state index >= 15 is 0 Å². The van der Waals surface area contributed by atoms with E-state index in [1.807, 2.05) is 17.8 Å². The van der Waals surface area contributed by atoms with Crippen molar-refractivity contribution in [1.82, 2.24) is 24.1 Å². The third-order valence-corrected chi connectivity index (χ3v) is 5.24. The summed E-state index contributed by atoms with van der Waals surface area (Å²) in [4.78, 5) is 8.93. The van der Waals surface area contributed by atoms with Gasteiger partial charge in [-0.15, -0.1) is 0 Å². The number of hydrogen-bond acceptors (Lipinski definition) is 7. The Morgan fingerprint density at radius 1 is 1.38 bits per heavy atom. The largest absolute Gasteiger partial charge is 0.480 e. The molecule has 0 spiro atoms. The predicted octanol–water partition coefficient (Wildman–Crippen LogP) is 3.61. The van der Waals surface area contributed by atoms with Gasteiger partial charge in [-0.05, 0) is 36.9 Å². The van der Waals surface area contributed by atoms with Crippen LogP contribution in [0.15, 0.2) is 24.7 Å². The van der Waals surface area contributed by atoms with Gasteiger partial charge in [0.2, 0.25) is 11.8 Å². The molecule has 1 saturated carbocycles. The molecule has 0 atom stereocenters. The number of aryl methyl sites for hydroxylation is 1. The van der Waals surface area contributed by atoms with Gasteiger partial charge in [0.1, 0.15) is 5.00 Å². The molecule has 26 heavy (non-hydrogen) atoms. The average Bonchev–Trinajstić information content (AvgIpc) is 3.04. The molecule has 0 radical (unpaired) electrons. The minimum Gasteiger partial charge on any atom is -0.480 e. The molecule has 0 amide bonds. The molecule has 4 rings (SSSR count). The molecule has 7 nitrogen and oxygen atoms in total. The van der Waals surface area contributed by atoms with Gasteiger partial charge in [-0.25, -0.2) is 9.97 Å². The monoisotopic (exact) mass is 374 g/mol. The van der Waals surface area contributed by atoms with Gasteiger partial charge in [0.05, 0.1) is 25.7 Å². The van der Waals surface area contributed by atoms with Crippen molar-refractivity contribution in [3.8, 4) is 17.1 Å². The second-order valence-electron chi connectivity index (χ2n) is 6.64. The Labute approximate surface area is 154 Å². The van der Waals surface area contributed by atoms with Crippen molar-refractivity contribution in [1.29, 1.82) is 0 Å². The van der Waals surface area contributed by atoms with E-state index in [4.69, 9.17) is 4.74 Å². The first-order chi connectivity index (χ1) is 12.6. The van der Waals surface area contributed by atoms with Crippen LogP contribution in [0.1, 0.15) is 18.4 Å². The van der Waals surface area contributed by atoms with Crippen LogP contribution >= 0.6 is 11.5 Å². The van der Waals surface area contributed by atoms with Crippen molar-refractivity contribution in [2.75, 3.05) is 19.1 Å². The van der Waals surface area contributed by atoms with E-state index in [9.17, 15) is 4.39 Å². The molecule has 9 heteroatoms. The number of ether oxygens (including phenoxy) is 1. The minimum absolute atomic E-state index is 0.206. The molecular formula is C17H19FN6OS. The molecule has 0 aromatic carbocycles. The van der Waals surface area contributed by atoms with E-state index in [1.54, 1.807) is 25.6 Å². The van der Waals surface area contributed by atoms with Gasteiger partial charge in [-0.2, -0.15) is 9.47 Å². The van der Waals surface area contributed by atoms with Crippen LogP contribution in [0.5, 0.6) is 5.88 Å². The van der Waals surface area contributed by atoms with Crippen LogP contribution in [-0.4, -0.2) is 37.9 Å². The van der Waals surface area contributed by atoms with Gasteiger partial charge in [-0.3, -0.25) is 9.07 Å². The Kier molecular flexibility index (Phi) is 4.31. The number of alkyl halides is 1. The zero-order valence-electron chi connectivity index (χ0n) is 14.6. The first-order valence-corrected chi connectivity index (χ1v) is 9.08. The molecule has 1 aliphatic carbocycles. The quantitative estimate of drug-likeness (QED) is 0.681. The van der Waals surface area contributed by atoms with Gasteiger partial charge in [0.15, 0.2) is 0 Å². The highest BCUT2D eigenvalue weighted by Crippen LogP contribution is 2.47. The zero-order valence-corrected chi connectivity index (χ0v) is 15.4. The van der Waals surface area contributed by atoms with E-state index in [0.29, 0.717) is 18.4 Å². The lowest BCUT2D eigenvalue weighted by atomic mass is 10.1. The molecule has 1 aliphatic rings. The fourth-order valence-corrected chi connectivity index (χ4v) is 3.35. The highest BCUT2D eigenvalue weighted by atomic mass is 32.1. The topological polar surface area (TPSA) is 77.8 Å². The molecule has 0 bridgehead atoms. The maximum Gasteiger partial charge on any atom is 0.228 e. The molecule has 3 aromatic heterocycles. The number of methoxy groups -OCH3 is 1. The Morgan fingerprint density at radius 3 is 2.92 bits per heavy atom. The first-order valence-electron chi connectivity index (χ1n) is 8.31. The fourth-order valence-electron chi connectivity index (χ4n) is 2.75. The lowest BCUT2D eigenvalue weighted by Crippen LogP contribution is -2.13. The first kappa shape index (κ1) is 16.9. The average molecular weight is 374 g/mol.